The molecule has 0 bridgehead atoms. The lowest BCUT2D eigenvalue weighted by Gasteiger charge is -2.27. The van der Waals surface area contributed by atoms with Crippen molar-refractivity contribution in [1.82, 2.24) is 0 Å². The van der Waals surface area contributed by atoms with Gasteiger partial charge in [-0.15, -0.1) is 0 Å². The number of hydrogen-bond donors (Lipinski definition) is 0. The zero-order valence-corrected chi connectivity index (χ0v) is 15.4. The van der Waals surface area contributed by atoms with Gasteiger partial charge in [0.15, 0.2) is 0 Å². The predicted octanol–water partition coefficient (Wildman–Crippen LogP) is 2.80. The maximum absolute atomic E-state index is 12.1. The van der Waals surface area contributed by atoms with E-state index < -0.39 is 36.0 Å². The number of esters is 3. The van der Waals surface area contributed by atoms with Crippen molar-refractivity contribution in [1.29, 1.82) is 0 Å². The second kappa shape index (κ2) is 8.17. The Kier molecular flexibility index (Phi) is 6.18. The number of methoxy groups -OCH3 is 1. The Morgan fingerprint density at radius 1 is 1.35 bits per heavy atom. The van der Waals surface area contributed by atoms with Crippen LogP contribution < -0.4 is 0 Å². The largest absolute Gasteiger partial charge is 0.466 e. The molecule has 0 unspecified atom stereocenters. The molecular weight excluding hydrogens is 336 g/mol. The van der Waals surface area contributed by atoms with Gasteiger partial charge in [0.2, 0.25) is 0 Å². The minimum atomic E-state index is -0.796. The second-order valence-corrected chi connectivity index (χ2v) is 6.62. The number of rotatable bonds is 3. The molecule has 0 aromatic rings. The summed E-state index contributed by atoms with van der Waals surface area (Å²) < 4.78 is 15.8. The molecule has 6 nitrogen and oxygen atoms in total. The van der Waals surface area contributed by atoms with Gasteiger partial charge in [-0.3, -0.25) is 0 Å². The monoisotopic (exact) mass is 360 g/mol. The number of fused-ring (bicyclic) bond motifs is 1. The first-order valence-corrected chi connectivity index (χ1v) is 8.45. The smallest absolute Gasteiger partial charge is 0.334 e. The SMILES string of the molecule is C=C(C)C(=O)O[C@@H]1C/C(C(=O)OC)=C\CC/C(C)=C\[C@H]2OC(=O)C(=C)[C@@H]21. The van der Waals surface area contributed by atoms with Crippen molar-refractivity contribution in [3.05, 3.63) is 47.6 Å². The topological polar surface area (TPSA) is 78.9 Å². The molecule has 3 atom stereocenters. The maximum atomic E-state index is 12.1. The van der Waals surface area contributed by atoms with Crippen LogP contribution in [0.4, 0.5) is 0 Å². The average molecular weight is 360 g/mol. The van der Waals surface area contributed by atoms with Gasteiger partial charge in [-0.2, -0.15) is 0 Å². The molecule has 0 amide bonds. The quantitative estimate of drug-likeness (QED) is 0.333. The Morgan fingerprint density at radius 3 is 2.65 bits per heavy atom. The standard InChI is InChI=1S/C20H24O6/c1-11(2)18(21)25-16-10-14(20(23)24-5)8-6-7-12(3)9-15-17(16)13(4)19(22)26-15/h8-9,15-17H,1,4,6-7,10H2,2-3,5H3/b12-9-,14-8+/t15-,16-,17+/m1/s1. The highest BCUT2D eigenvalue weighted by Gasteiger charge is 2.45. The summed E-state index contributed by atoms with van der Waals surface area (Å²) in [5.74, 6) is -2.19. The average Bonchev–Trinajstić information content (AvgIpc) is 2.85. The van der Waals surface area contributed by atoms with E-state index in [4.69, 9.17) is 14.2 Å². The third-order valence-electron chi connectivity index (χ3n) is 4.52. The molecule has 0 radical (unpaired) electrons. The molecule has 1 aliphatic carbocycles. The summed E-state index contributed by atoms with van der Waals surface area (Å²) in [6, 6.07) is 0. The Morgan fingerprint density at radius 2 is 2.04 bits per heavy atom. The van der Waals surface area contributed by atoms with E-state index in [0.29, 0.717) is 18.4 Å². The van der Waals surface area contributed by atoms with Crippen molar-refractivity contribution in [3.63, 3.8) is 0 Å². The molecule has 2 aliphatic rings. The lowest BCUT2D eigenvalue weighted by atomic mass is 9.85. The van der Waals surface area contributed by atoms with Gasteiger partial charge < -0.3 is 14.2 Å². The second-order valence-electron chi connectivity index (χ2n) is 6.62. The van der Waals surface area contributed by atoms with Crippen molar-refractivity contribution in [2.24, 2.45) is 5.92 Å². The van der Waals surface area contributed by atoms with Crippen LogP contribution in [-0.2, 0) is 28.6 Å². The molecule has 0 N–H and O–H groups in total. The van der Waals surface area contributed by atoms with Crippen LogP contribution in [0.15, 0.2) is 47.6 Å². The fourth-order valence-corrected chi connectivity index (χ4v) is 3.10. The number of allylic oxidation sites excluding steroid dienone is 2. The molecule has 1 aliphatic heterocycles. The highest BCUT2D eigenvalue weighted by molar-refractivity contribution is 5.92. The number of carbonyl (C=O) groups is 3. The molecule has 140 valence electrons. The van der Waals surface area contributed by atoms with E-state index in [2.05, 4.69) is 13.2 Å². The number of hydrogen-bond acceptors (Lipinski definition) is 6. The van der Waals surface area contributed by atoms with E-state index in [1.54, 1.807) is 6.08 Å². The van der Waals surface area contributed by atoms with Crippen LogP contribution in [0.2, 0.25) is 0 Å². The minimum Gasteiger partial charge on any atom is -0.466 e. The van der Waals surface area contributed by atoms with E-state index >= 15 is 0 Å². The van der Waals surface area contributed by atoms with Gasteiger partial charge in [-0.05, 0) is 32.8 Å². The molecule has 1 fully saturated rings. The first-order chi connectivity index (χ1) is 12.2. The summed E-state index contributed by atoms with van der Waals surface area (Å²) in [6.07, 6.45) is 3.70. The Balaban J connectivity index is 2.46. The predicted molar refractivity (Wildman–Crippen MR) is 94.9 cm³/mol. The van der Waals surface area contributed by atoms with Crippen LogP contribution in [0.1, 0.15) is 33.1 Å². The number of ether oxygens (including phenoxy) is 3. The zero-order chi connectivity index (χ0) is 19.4. The fraction of sp³-hybridized carbons (Fsp3) is 0.450. The lowest BCUT2D eigenvalue weighted by Crippen LogP contribution is -2.34. The molecule has 1 saturated heterocycles. The third kappa shape index (κ3) is 4.31. The highest BCUT2D eigenvalue weighted by Crippen LogP contribution is 2.36. The Labute approximate surface area is 153 Å². The van der Waals surface area contributed by atoms with Crippen LogP contribution >= 0.6 is 0 Å². The Bertz CT molecular complexity index is 712. The fourth-order valence-electron chi connectivity index (χ4n) is 3.10. The van der Waals surface area contributed by atoms with Gasteiger partial charge in [0.25, 0.3) is 0 Å². The molecule has 0 spiro atoms. The van der Waals surface area contributed by atoms with Crippen LogP contribution in [0.25, 0.3) is 0 Å². The summed E-state index contributed by atoms with van der Waals surface area (Å²) in [5, 5.41) is 0. The Hall–Kier alpha value is -2.63. The molecule has 0 aromatic carbocycles. The van der Waals surface area contributed by atoms with E-state index in [9.17, 15) is 14.4 Å². The van der Waals surface area contributed by atoms with E-state index in [0.717, 1.165) is 5.57 Å². The van der Waals surface area contributed by atoms with Gasteiger partial charge in [0, 0.05) is 23.1 Å². The van der Waals surface area contributed by atoms with Gasteiger partial charge in [-0.1, -0.05) is 24.8 Å². The number of carbonyl (C=O) groups excluding carboxylic acids is 3. The zero-order valence-electron chi connectivity index (χ0n) is 15.4. The van der Waals surface area contributed by atoms with Crippen molar-refractivity contribution in [2.45, 2.75) is 45.3 Å². The van der Waals surface area contributed by atoms with Gasteiger partial charge in [0.1, 0.15) is 12.2 Å². The summed E-state index contributed by atoms with van der Waals surface area (Å²) in [4.78, 5) is 36.3. The normalized spacial score (nSPS) is 30.0. The van der Waals surface area contributed by atoms with Crippen molar-refractivity contribution >= 4 is 17.9 Å². The lowest BCUT2D eigenvalue weighted by molar-refractivity contribution is -0.148. The van der Waals surface area contributed by atoms with Gasteiger partial charge in [-0.25, -0.2) is 14.4 Å². The van der Waals surface area contributed by atoms with Crippen LogP contribution in [0.3, 0.4) is 0 Å². The highest BCUT2D eigenvalue weighted by atomic mass is 16.6. The molecule has 26 heavy (non-hydrogen) atoms. The summed E-state index contributed by atoms with van der Waals surface area (Å²) in [7, 11) is 1.30. The summed E-state index contributed by atoms with van der Waals surface area (Å²) in [6.45, 7) is 10.9. The molecule has 6 heteroatoms. The van der Waals surface area contributed by atoms with Gasteiger partial charge in [0.05, 0.1) is 13.0 Å². The van der Waals surface area contributed by atoms with Crippen LogP contribution in [0, 0.1) is 5.92 Å². The van der Waals surface area contributed by atoms with E-state index in [1.165, 1.54) is 14.0 Å². The van der Waals surface area contributed by atoms with Crippen LogP contribution in [-0.4, -0.2) is 37.2 Å². The van der Waals surface area contributed by atoms with Crippen molar-refractivity contribution in [2.75, 3.05) is 7.11 Å². The third-order valence-corrected chi connectivity index (χ3v) is 4.52. The van der Waals surface area contributed by atoms with E-state index in [-0.39, 0.29) is 17.6 Å². The van der Waals surface area contributed by atoms with Crippen molar-refractivity contribution in [3.8, 4) is 0 Å². The summed E-state index contributed by atoms with van der Waals surface area (Å²) >= 11 is 0. The maximum Gasteiger partial charge on any atom is 0.334 e. The van der Waals surface area contributed by atoms with Crippen molar-refractivity contribution < 1.29 is 28.6 Å². The van der Waals surface area contributed by atoms with Crippen LogP contribution in [0.5, 0.6) is 0 Å². The molecule has 0 saturated carbocycles. The first-order valence-electron chi connectivity index (χ1n) is 8.45. The minimum absolute atomic E-state index is 0.107. The molecule has 1 heterocycles. The molecule has 2 rings (SSSR count). The summed E-state index contributed by atoms with van der Waals surface area (Å²) in [5.41, 5.74) is 1.86. The first kappa shape index (κ1) is 19.7. The van der Waals surface area contributed by atoms with E-state index in [1.807, 2.05) is 13.0 Å². The molecule has 0 aromatic heterocycles. The van der Waals surface area contributed by atoms with Gasteiger partial charge >= 0.3 is 17.9 Å². The molecular formula is C20H24O6.